The van der Waals surface area contributed by atoms with Gasteiger partial charge in [-0.05, 0) is 51.0 Å². The van der Waals surface area contributed by atoms with E-state index in [1.165, 1.54) is 45.9 Å². The number of anilines is 1. The van der Waals surface area contributed by atoms with Gasteiger partial charge in [0, 0.05) is 17.8 Å². The zero-order chi connectivity index (χ0) is 24.7. The van der Waals surface area contributed by atoms with E-state index < -0.39 is 17.8 Å². The van der Waals surface area contributed by atoms with Crippen LogP contribution < -0.4 is 15.6 Å². The van der Waals surface area contributed by atoms with Gasteiger partial charge in [-0.15, -0.1) is 0 Å². The number of rotatable bonds is 8. The second-order valence-corrected chi connectivity index (χ2v) is 9.03. The summed E-state index contributed by atoms with van der Waals surface area (Å²) in [4.78, 5) is 27.0. The Hall–Kier alpha value is -3.93. The van der Waals surface area contributed by atoms with Crippen LogP contribution in [0.2, 0.25) is 0 Å². The van der Waals surface area contributed by atoms with Gasteiger partial charge in [0.25, 0.3) is 5.56 Å². The summed E-state index contributed by atoms with van der Waals surface area (Å²) in [6.07, 6.45) is 6.69. The van der Waals surface area contributed by atoms with Crippen LogP contribution in [0.15, 0.2) is 47.7 Å². The highest BCUT2D eigenvalue weighted by Gasteiger charge is 2.23. The maximum atomic E-state index is 13.7. The number of hydrogen-bond acceptors (Lipinski definition) is 8. The van der Waals surface area contributed by atoms with Gasteiger partial charge in [0.2, 0.25) is 5.95 Å². The first-order valence-corrected chi connectivity index (χ1v) is 11.0. The monoisotopic (exact) mass is 483 g/mol. The smallest absolute Gasteiger partial charge is 0.387 e. The number of alkyl halides is 2. The molecule has 1 fully saturated rings. The lowest BCUT2D eigenvalue weighted by atomic mass is 10.1. The molecule has 0 aliphatic heterocycles. The molecule has 1 aromatic carbocycles. The van der Waals surface area contributed by atoms with Crippen molar-refractivity contribution < 1.29 is 18.6 Å². The number of ether oxygens (including phenoxy) is 1. The Morgan fingerprint density at radius 2 is 1.94 bits per heavy atom. The SMILES string of the molecule is CC(C)(O)Cn1cc(-c2nc3cnc(NC4CC4)nc3n(-c3ccc(OC(F)F)cc3)c2=O)cn1. The Balaban J connectivity index is 1.64. The average molecular weight is 483 g/mol. The van der Waals surface area contributed by atoms with E-state index in [-0.39, 0.29) is 23.6 Å². The second-order valence-electron chi connectivity index (χ2n) is 9.03. The van der Waals surface area contributed by atoms with Gasteiger partial charge in [-0.1, -0.05) is 0 Å². The third kappa shape index (κ3) is 5.11. The summed E-state index contributed by atoms with van der Waals surface area (Å²) in [5.74, 6) is 0.340. The first-order chi connectivity index (χ1) is 16.7. The molecule has 0 bridgehead atoms. The van der Waals surface area contributed by atoms with E-state index >= 15 is 0 Å². The number of hydrogen-bond donors (Lipinski definition) is 2. The molecule has 1 aliphatic carbocycles. The third-order valence-corrected chi connectivity index (χ3v) is 5.29. The summed E-state index contributed by atoms with van der Waals surface area (Å²) in [6.45, 7) is 0.573. The molecule has 3 heterocycles. The molecule has 12 heteroatoms. The Morgan fingerprint density at radius 3 is 2.60 bits per heavy atom. The third-order valence-electron chi connectivity index (χ3n) is 5.29. The number of fused-ring (bicyclic) bond motifs is 1. The van der Waals surface area contributed by atoms with Gasteiger partial charge in [-0.3, -0.25) is 14.0 Å². The summed E-state index contributed by atoms with van der Waals surface area (Å²) in [7, 11) is 0. The van der Waals surface area contributed by atoms with Crippen molar-refractivity contribution in [2.75, 3.05) is 5.32 Å². The lowest BCUT2D eigenvalue weighted by Gasteiger charge is -2.16. The van der Waals surface area contributed by atoms with Crippen molar-refractivity contribution >= 4 is 17.1 Å². The minimum absolute atomic E-state index is 0.0333. The normalized spacial score (nSPS) is 14.0. The molecule has 0 saturated heterocycles. The van der Waals surface area contributed by atoms with Crippen molar-refractivity contribution in [2.24, 2.45) is 0 Å². The lowest BCUT2D eigenvalue weighted by molar-refractivity contribution is -0.0498. The fourth-order valence-corrected chi connectivity index (χ4v) is 3.63. The van der Waals surface area contributed by atoms with Gasteiger partial charge in [0.15, 0.2) is 5.65 Å². The first-order valence-electron chi connectivity index (χ1n) is 11.0. The van der Waals surface area contributed by atoms with Gasteiger partial charge in [0.1, 0.15) is 17.0 Å². The van der Waals surface area contributed by atoms with Crippen LogP contribution in [0.25, 0.3) is 28.1 Å². The second kappa shape index (κ2) is 8.69. The molecule has 10 nitrogen and oxygen atoms in total. The van der Waals surface area contributed by atoms with E-state index in [2.05, 4.69) is 30.1 Å². The minimum atomic E-state index is -2.96. The largest absolute Gasteiger partial charge is 0.435 e. The summed E-state index contributed by atoms with van der Waals surface area (Å²) in [6, 6.07) is 6.00. The lowest BCUT2D eigenvalue weighted by Crippen LogP contribution is -2.26. The van der Waals surface area contributed by atoms with E-state index in [1.807, 2.05) is 0 Å². The molecule has 2 N–H and O–H groups in total. The van der Waals surface area contributed by atoms with Crippen molar-refractivity contribution in [1.29, 1.82) is 0 Å². The van der Waals surface area contributed by atoms with Crippen LogP contribution in [0.1, 0.15) is 26.7 Å². The standard InChI is InChI=1S/C23H23F2N7O3/c1-23(2,34)12-31-11-13(9-27-31)18-20(33)32(15-5-7-16(8-6-15)35-21(24)25)19-17(29-18)10-26-22(30-19)28-14-3-4-14/h5-11,14,21,34H,3-4,12H2,1-2H3,(H,26,28,30). The molecule has 0 atom stereocenters. The number of nitrogens with one attached hydrogen (secondary N) is 1. The van der Waals surface area contributed by atoms with E-state index in [1.54, 1.807) is 20.0 Å². The van der Waals surface area contributed by atoms with E-state index in [9.17, 15) is 18.7 Å². The van der Waals surface area contributed by atoms with Crippen LogP contribution in [0.5, 0.6) is 5.75 Å². The maximum absolute atomic E-state index is 13.7. The van der Waals surface area contributed by atoms with Crippen LogP contribution in [0, 0.1) is 0 Å². The summed E-state index contributed by atoms with van der Waals surface area (Å²) in [5.41, 5.74) is 0.115. The fraction of sp³-hybridized carbons (Fsp3) is 0.348. The molecule has 0 radical (unpaired) electrons. The zero-order valence-corrected chi connectivity index (χ0v) is 19.0. The Bertz CT molecular complexity index is 1420. The summed E-state index contributed by atoms with van der Waals surface area (Å²) in [5, 5.41) is 17.5. The molecule has 5 rings (SSSR count). The Labute approximate surface area is 198 Å². The number of benzene rings is 1. The molecule has 0 unspecified atom stereocenters. The maximum Gasteiger partial charge on any atom is 0.387 e. The van der Waals surface area contributed by atoms with Crippen LogP contribution in [-0.4, -0.2) is 52.7 Å². The van der Waals surface area contributed by atoms with Crippen molar-refractivity contribution in [3.05, 3.63) is 53.2 Å². The van der Waals surface area contributed by atoms with Crippen LogP contribution in [-0.2, 0) is 6.54 Å². The van der Waals surface area contributed by atoms with Gasteiger partial charge >= 0.3 is 6.61 Å². The van der Waals surface area contributed by atoms with Gasteiger partial charge in [-0.25, -0.2) is 9.97 Å². The van der Waals surface area contributed by atoms with E-state index in [0.29, 0.717) is 28.8 Å². The van der Waals surface area contributed by atoms with Crippen molar-refractivity contribution in [1.82, 2.24) is 29.3 Å². The molecule has 182 valence electrons. The molecule has 0 amide bonds. The molecule has 1 saturated carbocycles. The van der Waals surface area contributed by atoms with Gasteiger partial charge < -0.3 is 15.2 Å². The Kier molecular flexibility index (Phi) is 5.67. The van der Waals surface area contributed by atoms with E-state index in [4.69, 9.17) is 0 Å². The predicted octanol–water partition coefficient (Wildman–Crippen LogP) is 2.99. The topological polar surface area (TPSA) is 120 Å². The molecule has 35 heavy (non-hydrogen) atoms. The number of aliphatic hydroxyl groups is 1. The molecule has 0 spiro atoms. The number of halogens is 2. The van der Waals surface area contributed by atoms with Crippen molar-refractivity contribution in [3.63, 3.8) is 0 Å². The minimum Gasteiger partial charge on any atom is -0.435 e. The summed E-state index contributed by atoms with van der Waals surface area (Å²) < 4.78 is 32.5. The zero-order valence-electron chi connectivity index (χ0n) is 19.0. The molecular formula is C23H23F2N7O3. The first kappa shape index (κ1) is 22.8. The van der Waals surface area contributed by atoms with Gasteiger partial charge in [-0.2, -0.15) is 18.9 Å². The van der Waals surface area contributed by atoms with Crippen LogP contribution in [0.3, 0.4) is 0 Å². The summed E-state index contributed by atoms with van der Waals surface area (Å²) >= 11 is 0. The van der Waals surface area contributed by atoms with Crippen LogP contribution in [0.4, 0.5) is 14.7 Å². The molecule has 4 aromatic rings. The molecular weight excluding hydrogens is 460 g/mol. The van der Waals surface area contributed by atoms with E-state index in [0.717, 1.165) is 12.8 Å². The molecule has 3 aromatic heterocycles. The fourth-order valence-electron chi connectivity index (χ4n) is 3.63. The highest BCUT2D eigenvalue weighted by molar-refractivity contribution is 5.76. The van der Waals surface area contributed by atoms with Crippen LogP contribution >= 0.6 is 0 Å². The quantitative estimate of drug-likeness (QED) is 0.393. The highest BCUT2D eigenvalue weighted by Crippen LogP contribution is 2.25. The van der Waals surface area contributed by atoms with Gasteiger partial charge in [0.05, 0.1) is 30.2 Å². The highest BCUT2D eigenvalue weighted by atomic mass is 19.3. The molecule has 1 aliphatic rings. The van der Waals surface area contributed by atoms with Crippen molar-refractivity contribution in [2.45, 2.75) is 51.5 Å². The number of nitrogens with zero attached hydrogens (tertiary/aromatic N) is 6. The Morgan fingerprint density at radius 1 is 1.20 bits per heavy atom. The number of aromatic nitrogens is 6. The average Bonchev–Trinajstić information content (AvgIpc) is 3.48. The predicted molar refractivity (Wildman–Crippen MR) is 124 cm³/mol. The van der Waals surface area contributed by atoms with Crippen molar-refractivity contribution in [3.8, 4) is 22.7 Å².